The van der Waals surface area contributed by atoms with E-state index in [0.717, 1.165) is 37.4 Å². The first-order valence-electron chi connectivity index (χ1n) is 8.42. The normalized spacial score (nSPS) is 19.3. The van der Waals surface area contributed by atoms with Crippen LogP contribution >= 0.6 is 11.8 Å². The second-order valence-electron chi connectivity index (χ2n) is 6.25. The molecule has 1 aromatic rings. The first-order chi connectivity index (χ1) is 11.1. The van der Waals surface area contributed by atoms with Crippen LogP contribution in [-0.4, -0.2) is 61.0 Å². The number of benzene rings is 1. The maximum absolute atomic E-state index is 4.50. The van der Waals surface area contributed by atoms with Gasteiger partial charge in [0.15, 0.2) is 5.96 Å². The molecule has 23 heavy (non-hydrogen) atoms. The number of nitrogens with zero attached hydrogens (tertiary/aromatic N) is 3. The van der Waals surface area contributed by atoms with Crippen LogP contribution in [0, 0.1) is 0 Å². The highest BCUT2D eigenvalue weighted by atomic mass is 32.2. The van der Waals surface area contributed by atoms with Crippen LogP contribution in [0.15, 0.2) is 29.3 Å². The van der Waals surface area contributed by atoms with Crippen LogP contribution in [-0.2, 0) is 13.1 Å². The monoisotopic (exact) mass is 334 g/mol. The van der Waals surface area contributed by atoms with E-state index in [4.69, 9.17) is 0 Å². The van der Waals surface area contributed by atoms with Crippen LogP contribution in [0.5, 0.6) is 0 Å². The van der Waals surface area contributed by atoms with Gasteiger partial charge >= 0.3 is 0 Å². The molecule has 0 amide bonds. The van der Waals surface area contributed by atoms with E-state index in [1.165, 1.54) is 23.3 Å². The van der Waals surface area contributed by atoms with Gasteiger partial charge in [-0.05, 0) is 31.6 Å². The van der Waals surface area contributed by atoms with Gasteiger partial charge in [0.1, 0.15) is 0 Å². The Morgan fingerprint density at radius 2 is 2.09 bits per heavy atom. The zero-order chi connectivity index (χ0) is 16.7. The molecule has 1 saturated heterocycles. The molecule has 1 heterocycles. The van der Waals surface area contributed by atoms with Gasteiger partial charge in [-0.3, -0.25) is 4.99 Å². The molecule has 1 aliphatic rings. The summed E-state index contributed by atoms with van der Waals surface area (Å²) in [4.78, 5) is 9.11. The van der Waals surface area contributed by atoms with Crippen LogP contribution in [0.1, 0.15) is 24.5 Å². The highest BCUT2D eigenvalue weighted by molar-refractivity contribution is 8.00. The van der Waals surface area contributed by atoms with Gasteiger partial charge in [0.25, 0.3) is 0 Å². The summed E-state index contributed by atoms with van der Waals surface area (Å²) in [6, 6.07) is 8.65. The van der Waals surface area contributed by atoms with Crippen LogP contribution in [0.25, 0.3) is 0 Å². The molecular weight excluding hydrogens is 304 g/mol. The van der Waals surface area contributed by atoms with Gasteiger partial charge in [-0.15, -0.1) is 0 Å². The third kappa shape index (κ3) is 5.43. The van der Waals surface area contributed by atoms with E-state index in [1.807, 2.05) is 7.05 Å². The summed E-state index contributed by atoms with van der Waals surface area (Å²) in [6.07, 6.45) is 1.23. The molecule has 2 rings (SSSR count). The topological polar surface area (TPSA) is 30.9 Å². The van der Waals surface area contributed by atoms with Crippen molar-refractivity contribution >= 4 is 17.7 Å². The number of rotatable bonds is 5. The molecule has 0 aliphatic carbocycles. The predicted octanol–water partition coefficient (Wildman–Crippen LogP) is 2.65. The minimum Gasteiger partial charge on any atom is -0.352 e. The minimum atomic E-state index is 0.725. The van der Waals surface area contributed by atoms with E-state index in [0.29, 0.717) is 0 Å². The molecule has 4 nitrogen and oxygen atoms in total. The maximum Gasteiger partial charge on any atom is 0.193 e. The largest absolute Gasteiger partial charge is 0.352 e. The van der Waals surface area contributed by atoms with Crippen molar-refractivity contribution in [2.45, 2.75) is 31.7 Å². The first-order valence-corrected chi connectivity index (χ1v) is 9.47. The number of thioether (sulfide) groups is 1. The maximum atomic E-state index is 4.50. The summed E-state index contributed by atoms with van der Waals surface area (Å²) in [6.45, 7) is 6.25. The van der Waals surface area contributed by atoms with Gasteiger partial charge < -0.3 is 15.1 Å². The Labute approximate surface area is 145 Å². The summed E-state index contributed by atoms with van der Waals surface area (Å²) in [5.74, 6) is 2.22. The van der Waals surface area contributed by atoms with E-state index in [9.17, 15) is 0 Å². The standard InChI is InChI=1S/C18H30N4S/c1-5-17-14-22(10-11-23-17)18(19-2)20-12-15-8-6-7-9-16(15)13-21(3)4/h6-9,17H,5,10-14H2,1-4H3,(H,19,20). The smallest absolute Gasteiger partial charge is 0.193 e. The molecule has 1 aromatic carbocycles. The molecule has 0 spiro atoms. The first kappa shape index (κ1) is 18.1. The predicted molar refractivity (Wildman–Crippen MR) is 102 cm³/mol. The third-order valence-corrected chi connectivity index (χ3v) is 5.52. The lowest BCUT2D eigenvalue weighted by molar-refractivity contribution is 0.398. The Kier molecular flexibility index (Phi) is 7.24. The summed E-state index contributed by atoms with van der Waals surface area (Å²) in [5.41, 5.74) is 2.72. The Morgan fingerprint density at radius 3 is 2.74 bits per heavy atom. The molecule has 5 heteroatoms. The molecule has 1 unspecified atom stereocenters. The number of nitrogens with one attached hydrogen (secondary N) is 1. The van der Waals surface area contributed by atoms with Gasteiger partial charge in [0.05, 0.1) is 0 Å². The average Bonchev–Trinajstić information content (AvgIpc) is 2.56. The SMILES string of the molecule is CCC1CN(C(=NC)NCc2ccccc2CN(C)C)CCS1. The molecule has 1 fully saturated rings. The fourth-order valence-corrected chi connectivity index (χ4v) is 4.07. The van der Waals surface area contributed by atoms with Gasteiger partial charge in [-0.25, -0.2) is 0 Å². The van der Waals surface area contributed by atoms with Crippen molar-refractivity contribution in [2.24, 2.45) is 4.99 Å². The second kappa shape index (κ2) is 9.18. The van der Waals surface area contributed by atoms with Crippen molar-refractivity contribution in [3.8, 4) is 0 Å². The lowest BCUT2D eigenvalue weighted by atomic mass is 10.1. The van der Waals surface area contributed by atoms with Gasteiger partial charge in [-0.1, -0.05) is 31.2 Å². The van der Waals surface area contributed by atoms with E-state index in [2.05, 4.69) is 77.2 Å². The van der Waals surface area contributed by atoms with Gasteiger partial charge in [0.2, 0.25) is 0 Å². The van der Waals surface area contributed by atoms with E-state index in [-0.39, 0.29) is 0 Å². The summed E-state index contributed by atoms with van der Waals surface area (Å²) < 4.78 is 0. The van der Waals surface area contributed by atoms with Crippen molar-refractivity contribution in [3.63, 3.8) is 0 Å². The lowest BCUT2D eigenvalue weighted by Gasteiger charge is -2.34. The van der Waals surface area contributed by atoms with Gasteiger partial charge in [-0.2, -0.15) is 11.8 Å². The van der Waals surface area contributed by atoms with E-state index in [1.54, 1.807) is 0 Å². The zero-order valence-corrected chi connectivity index (χ0v) is 15.7. The van der Waals surface area contributed by atoms with Crippen LogP contribution in [0.3, 0.4) is 0 Å². The molecular formula is C18H30N4S. The summed E-state index contributed by atoms with van der Waals surface area (Å²) >= 11 is 2.09. The van der Waals surface area contributed by atoms with Crippen molar-refractivity contribution in [3.05, 3.63) is 35.4 Å². The fraction of sp³-hybridized carbons (Fsp3) is 0.611. The van der Waals surface area contributed by atoms with Crippen LogP contribution in [0.4, 0.5) is 0 Å². The number of hydrogen-bond donors (Lipinski definition) is 1. The number of hydrogen-bond acceptors (Lipinski definition) is 3. The van der Waals surface area contributed by atoms with Crippen LogP contribution in [0.2, 0.25) is 0 Å². The zero-order valence-electron chi connectivity index (χ0n) is 14.9. The summed E-state index contributed by atoms with van der Waals surface area (Å²) in [7, 11) is 6.11. The summed E-state index contributed by atoms with van der Waals surface area (Å²) in [5, 5.41) is 4.29. The Morgan fingerprint density at radius 1 is 1.35 bits per heavy atom. The van der Waals surface area contributed by atoms with E-state index < -0.39 is 0 Å². The Bertz CT molecular complexity index is 515. The molecule has 1 aliphatic heterocycles. The Hall–Kier alpha value is -1.20. The molecule has 1 atom stereocenters. The fourth-order valence-electron chi connectivity index (χ4n) is 2.89. The van der Waals surface area contributed by atoms with Crippen molar-refractivity contribution in [2.75, 3.05) is 40.0 Å². The molecule has 1 N–H and O–H groups in total. The minimum absolute atomic E-state index is 0.725. The molecule has 0 radical (unpaired) electrons. The Balaban J connectivity index is 1.98. The molecule has 0 saturated carbocycles. The molecule has 128 valence electrons. The van der Waals surface area contributed by atoms with Crippen LogP contribution < -0.4 is 5.32 Å². The number of guanidine groups is 1. The highest BCUT2D eigenvalue weighted by Gasteiger charge is 2.21. The van der Waals surface area contributed by atoms with Gasteiger partial charge in [0, 0.05) is 44.2 Å². The third-order valence-electron chi connectivity index (χ3n) is 4.15. The van der Waals surface area contributed by atoms with Crippen molar-refractivity contribution < 1.29 is 0 Å². The molecule has 0 bridgehead atoms. The lowest BCUT2D eigenvalue weighted by Crippen LogP contribution is -2.47. The quantitative estimate of drug-likeness (QED) is 0.662. The average molecular weight is 335 g/mol. The second-order valence-corrected chi connectivity index (χ2v) is 7.66. The van der Waals surface area contributed by atoms with E-state index >= 15 is 0 Å². The number of aliphatic imine (C=N–C) groups is 1. The molecule has 0 aromatic heterocycles. The van der Waals surface area contributed by atoms with Crippen molar-refractivity contribution in [1.82, 2.24) is 15.1 Å². The highest BCUT2D eigenvalue weighted by Crippen LogP contribution is 2.21. The van der Waals surface area contributed by atoms with Crippen molar-refractivity contribution in [1.29, 1.82) is 0 Å².